The fraction of sp³-hybridized carbons (Fsp3) is 0.250. The third-order valence-electron chi connectivity index (χ3n) is 4.74. The topological polar surface area (TPSA) is 113 Å². The Balaban J connectivity index is 1.69. The first-order valence-electron chi connectivity index (χ1n) is 9.22. The minimum atomic E-state index is -0.699. The maximum atomic E-state index is 13.0. The van der Waals surface area contributed by atoms with Crippen LogP contribution >= 0.6 is 11.3 Å². The number of aryl methyl sites for hydroxylation is 1. The molecule has 150 valence electrons. The number of rotatable bonds is 5. The average molecular weight is 411 g/mol. The number of hydrogen-bond acceptors (Lipinski definition) is 6. The van der Waals surface area contributed by atoms with E-state index in [0.29, 0.717) is 29.5 Å². The van der Waals surface area contributed by atoms with E-state index in [9.17, 15) is 9.59 Å². The number of amides is 2. The Morgan fingerprint density at radius 3 is 2.66 bits per heavy atom. The number of anilines is 2. The molecule has 1 aliphatic rings. The minimum absolute atomic E-state index is 0.0177. The van der Waals surface area contributed by atoms with Crippen molar-refractivity contribution < 1.29 is 14.3 Å². The van der Waals surface area contributed by atoms with Gasteiger partial charge in [-0.25, -0.2) is 0 Å². The Kier molecular flexibility index (Phi) is 5.32. The molecule has 4 N–H and O–H groups in total. The summed E-state index contributed by atoms with van der Waals surface area (Å²) in [5, 5.41) is 10.4. The van der Waals surface area contributed by atoms with Crippen molar-refractivity contribution in [1.29, 1.82) is 0 Å². The molecule has 0 spiro atoms. The van der Waals surface area contributed by atoms with E-state index in [4.69, 9.17) is 10.5 Å². The second-order valence-corrected chi connectivity index (χ2v) is 7.72. The zero-order valence-corrected chi connectivity index (χ0v) is 16.7. The van der Waals surface area contributed by atoms with Crippen molar-refractivity contribution in [2.24, 2.45) is 5.73 Å². The fourth-order valence-electron chi connectivity index (χ4n) is 3.25. The molecule has 2 aromatic heterocycles. The summed E-state index contributed by atoms with van der Waals surface area (Å²) < 4.78 is 5.47. The van der Waals surface area contributed by atoms with Gasteiger partial charge < -0.3 is 20.7 Å². The Labute approximate surface area is 171 Å². The lowest BCUT2D eigenvalue weighted by Gasteiger charge is -2.28. The van der Waals surface area contributed by atoms with Crippen LogP contribution in [0.3, 0.4) is 0 Å². The van der Waals surface area contributed by atoms with Crippen molar-refractivity contribution in [2.45, 2.75) is 6.92 Å². The molecule has 1 saturated heterocycles. The second-order valence-electron chi connectivity index (χ2n) is 6.69. The van der Waals surface area contributed by atoms with Crippen LogP contribution in [0, 0.1) is 6.92 Å². The van der Waals surface area contributed by atoms with Gasteiger partial charge in [-0.1, -0.05) is 30.3 Å². The van der Waals surface area contributed by atoms with Gasteiger partial charge in [-0.2, -0.15) is 5.10 Å². The molecule has 29 heavy (non-hydrogen) atoms. The van der Waals surface area contributed by atoms with Gasteiger partial charge in [-0.15, -0.1) is 11.3 Å². The molecule has 3 heterocycles. The number of primary amides is 1. The number of nitrogens with two attached hydrogens (primary N) is 1. The van der Waals surface area contributed by atoms with E-state index in [1.54, 1.807) is 6.92 Å². The van der Waals surface area contributed by atoms with E-state index in [2.05, 4.69) is 20.4 Å². The fourth-order valence-corrected chi connectivity index (χ4v) is 4.38. The van der Waals surface area contributed by atoms with Crippen molar-refractivity contribution in [3.05, 3.63) is 52.7 Å². The molecule has 3 aromatic rings. The van der Waals surface area contributed by atoms with Crippen LogP contribution in [-0.4, -0.2) is 48.3 Å². The zero-order valence-electron chi connectivity index (χ0n) is 15.9. The molecule has 0 bridgehead atoms. The number of nitrogens with zero attached hydrogens (tertiary/aromatic N) is 2. The number of benzene rings is 1. The molecule has 4 rings (SSSR count). The number of morpholine rings is 1. The molecule has 0 saturated carbocycles. The van der Waals surface area contributed by atoms with Crippen molar-refractivity contribution in [1.82, 2.24) is 10.2 Å². The van der Waals surface area contributed by atoms with Crippen molar-refractivity contribution in [3.8, 4) is 11.1 Å². The molecule has 8 nitrogen and oxygen atoms in total. The number of ether oxygens (including phenoxy) is 1. The van der Waals surface area contributed by atoms with Crippen LogP contribution in [0.1, 0.15) is 25.9 Å². The maximum absolute atomic E-state index is 13.0. The number of thiophene rings is 1. The van der Waals surface area contributed by atoms with E-state index in [1.165, 1.54) is 11.3 Å². The number of aromatic nitrogens is 2. The van der Waals surface area contributed by atoms with Crippen LogP contribution in [-0.2, 0) is 4.74 Å². The largest absolute Gasteiger partial charge is 0.378 e. The smallest absolute Gasteiger partial charge is 0.271 e. The van der Waals surface area contributed by atoms with Gasteiger partial charge >= 0.3 is 0 Å². The first-order chi connectivity index (χ1) is 14.0. The number of carbonyl (C=O) groups excluding carboxylic acids is 2. The van der Waals surface area contributed by atoms with Crippen LogP contribution in [0.5, 0.6) is 0 Å². The molecule has 2 amide bonds. The molecule has 0 atom stereocenters. The Bertz CT molecular complexity index is 1040. The van der Waals surface area contributed by atoms with Gasteiger partial charge in [0.1, 0.15) is 0 Å². The number of nitrogens with one attached hydrogen (secondary N) is 2. The molecular formula is C20H21N5O3S. The highest BCUT2D eigenvalue weighted by Gasteiger charge is 2.24. The van der Waals surface area contributed by atoms with Crippen molar-refractivity contribution in [2.75, 3.05) is 36.5 Å². The molecule has 1 aliphatic heterocycles. The van der Waals surface area contributed by atoms with Crippen molar-refractivity contribution >= 4 is 33.8 Å². The summed E-state index contributed by atoms with van der Waals surface area (Å²) in [4.78, 5) is 27.3. The molecular weight excluding hydrogens is 390 g/mol. The van der Waals surface area contributed by atoms with Crippen LogP contribution in [0.15, 0.2) is 36.4 Å². The normalized spacial score (nSPS) is 14.0. The lowest BCUT2D eigenvalue weighted by atomic mass is 10.1. The van der Waals surface area contributed by atoms with Gasteiger partial charge in [0, 0.05) is 18.7 Å². The summed E-state index contributed by atoms with van der Waals surface area (Å²) in [5.41, 5.74) is 8.30. The Morgan fingerprint density at radius 1 is 1.24 bits per heavy atom. The third kappa shape index (κ3) is 3.87. The highest BCUT2D eigenvalue weighted by Crippen LogP contribution is 2.39. The zero-order chi connectivity index (χ0) is 20.4. The minimum Gasteiger partial charge on any atom is -0.378 e. The number of H-pyrrole nitrogens is 1. The summed E-state index contributed by atoms with van der Waals surface area (Å²) >= 11 is 1.42. The number of carbonyl (C=O) groups is 2. The van der Waals surface area contributed by atoms with E-state index in [1.807, 2.05) is 36.4 Å². The number of hydrogen-bond donors (Lipinski definition) is 3. The maximum Gasteiger partial charge on any atom is 0.271 e. The molecule has 0 radical (unpaired) electrons. The van der Waals surface area contributed by atoms with E-state index >= 15 is 0 Å². The summed E-state index contributed by atoms with van der Waals surface area (Å²) in [7, 11) is 0. The molecule has 1 aromatic carbocycles. The standard InChI is InChI=1S/C20H21N5O3S/c1-12-16(17(18(21)26)24-23-12)22-19(27)15-11-14(13-5-3-2-4-6-13)20(29-15)25-7-9-28-10-8-25/h2-6,11H,7-10H2,1H3,(H2,21,26)(H,22,27)(H,23,24). The van der Waals surface area contributed by atoms with E-state index < -0.39 is 5.91 Å². The van der Waals surface area contributed by atoms with E-state index in [0.717, 1.165) is 29.2 Å². The highest BCUT2D eigenvalue weighted by atomic mass is 32.1. The lowest BCUT2D eigenvalue weighted by molar-refractivity contribution is 0.0996. The van der Waals surface area contributed by atoms with Crippen molar-refractivity contribution in [3.63, 3.8) is 0 Å². The Morgan fingerprint density at radius 2 is 1.97 bits per heavy atom. The van der Waals surface area contributed by atoms with Crippen LogP contribution < -0.4 is 16.0 Å². The second kappa shape index (κ2) is 8.06. The first-order valence-corrected chi connectivity index (χ1v) is 10.0. The van der Waals surface area contributed by atoms with Gasteiger partial charge in [-0.3, -0.25) is 14.7 Å². The Hall–Kier alpha value is -3.17. The molecule has 0 aliphatic carbocycles. The summed E-state index contributed by atoms with van der Waals surface area (Å²) in [6.07, 6.45) is 0. The van der Waals surface area contributed by atoms with Gasteiger partial charge in [0.2, 0.25) is 0 Å². The van der Waals surface area contributed by atoms with Gasteiger partial charge in [-0.05, 0) is 18.6 Å². The SMILES string of the molecule is Cc1[nH]nc(C(N)=O)c1NC(=O)c1cc(-c2ccccc2)c(N2CCOCC2)s1. The van der Waals surface area contributed by atoms with Crippen LogP contribution in [0.4, 0.5) is 10.7 Å². The summed E-state index contributed by atoms with van der Waals surface area (Å²) in [6.45, 7) is 4.58. The highest BCUT2D eigenvalue weighted by molar-refractivity contribution is 7.18. The predicted octanol–water partition coefficient (Wildman–Crippen LogP) is 2.63. The van der Waals surface area contributed by atoms with Gasteiger partial charge in [0.15, 0.2) is 5.69 Å². The molecule has 0 unspecified atom stereocenters. The van der Waals surface area contributed by atoms with Crippen LogP contribution in [0.2, 0.25) is 0 Å². The quantitative estimate of drug-likeness (QED) is 0.597. The van der Waals surface area contributed by atoms with E-state index in [-0.39, 0.29) is 11.6 Å². The van der Waals surface area contributed by atoms with Gasteiger partial charge in [0.05, 0.1) is 34.5 Å². The summed E-state index contributed by atoms with van der Waals surface area (Å²) in [5.74, 6) is -1.01. The molecule has 9 heteroatoms. The third-order valence-corrected chi connectivity index (χ3v) is 5.93. The summed E-state index contributed by atoms with van der Waals surface area (Å²) in [6, 6.07) is 11.9. The van der Waals surface area contributed by atoms with Gasteiger partial charge in [0.25, 0.3) is 11.8 Å². The monoisotopic (exact) mass is 411 g/mol. The first kappa shape index (κ1) is 19.2. The lowest BCUT2D eigenvalue weighted by Crippen LogP contribution is -2.35. The van der Waals surface area contributed by atoms with Crippen LogP contribution in [0.25, 0.3) is 11.1 Å². The average Bonchev–Trinajstić information content (AvgIpc) is 3.34. The number of aromatic amines is 1. The predicted molar refractivity (Wildman–Crippen MR) is 113 cm³/mol. The molecule has 1 fully saturated rings.